The summed E-state index contributed by atoms with van der Waals surface area (Å²) < 4.78 is 13.2. The van der Waals surface area contributed by atoms with Crippen LogP contribution >= 0.6 is 0 Å². The van der Waals surface area contributed by atoms with E-state index in [9.17, 15) is 9.18 Å². The third kappa shape index (κ3) is 4.11. The molecule has 1 aromatic rings. The second-order valence-corrected chi connectivity index (χ2v) is 5.26. The number of carbonyl (C=O) groups is 1. The molecule has 18 heavy (non-hydrogen) atoms. The zero-order valence-electron chi connectivity index (χ0n) is 11.0. The molecule has 1 atom stereocenters. The van der Waals surface area contributed by atoms with Gasteiger partial charge in [-0.05, 0) is 17.7 Å². The van der Waals surface area contributed by atoms with Gasteiger partial charge in [0.05, 0.1) is 5.92 Å². The SMILES string of the molecule is CC(CNCC(C)(C)c1cccc(F)c1)C(=O)O. The average Bonchev–Trinajstić information content (AvgIpc) is 2.28. The van der Waals surface area contributed by atoms with Crippen LogP contribution in [0.3, 0.4) is 0 Å². The Morgan fingerprint density at radius 2 is 2.17 bits per heavy atom. The molecule has 3 nitrogen and oxygen atoms in total. The minimum absolute atomic E-state index is 0.236. The molecular weight excluding hydrogens is 233 g/mol. The van der Waals surface area contributed by atoms with Crippen molar-refractivity contribution in [1.29, 1.82) is 0 Å². The second kappa shape index (κ2) is 5.96. The maximum atomic E-state index is 13.2. The summed E-state index contributed by atoms with van der Waals surface area (Å²) in [7, 11) is 0. The highest BCUT2D eigenvalue weighted by Gasteiger charge is 2.21. The fraction of sp³-hybridized carbons (Fsp3) is 0.500. The second-order valence-electron chi connectivity index (χ2n) is 5.26. The molecule has 100 valence electrons. The van der Waals surface area contributed by atoms with E-state index >= 15 is 0 Å². The molecule has 0 radical (unpaired) electrons. The number of hydrogen-bond donors (Lipinski definition) is 2. The van der Waals surface area contributed by atoms with Crippen LogP contribution in [0.2, 0.25) is 0 Å². The zero-order chi connectivity index (χ0) is 13.8. The van der Waals surface area contributed by atoms with Gasteiger partial charge >= 0.3 is 5.97 Å². The first-order chi connectivity index (χ1) is 8.33. The smallest absolute Gasteiger partial charge is 0.307 e. The number of hydrogen-bond acceptors (Lipinski definition) is 2. The molecule has 0 fully saturated rings. The van der Waals surface area contributed by atoms with Crippen molar-refractivity contribution in [2.75, 3.05) is 13.1 Å². The topological polar surface area (TPSA) is 49.3 Å². The number of benzene rings is 1. The first kappa shape index (κ1) is 14.6. The maximum absolute atomic E-state index is 13.2. The molecule has 0 saturated carbocycles. The van der Waals surface area contributed by atoms with E-state index in [2.05, 4.69) is 5.32 Å². The van der Waals surface area contributed by atoms with Gasteiger partial charge in [-0.1, -0.05) is 32.9 Å². The van der Waals surface area contributed by atoms with E-state index in [1.165, 1.54) is 12.1 Å². The van der Waals surface area contributed by atoms with E-state index in [0.29, 0.717) is 13.1 Å². The highest BCUT2D eigenvalue weighted by Crippen LogP contribution is 2.22. The van der Waals surface area contributed by atoms with Crippen LogP contribution in [0.15, 0.2) is 24.3 Å². The van der Waals surface area contributed by atoms with Crippen LogP contribution in [0.1, 0.15) is 26.3 Å². The molecule has 0 aliphatic heterocycles. The van der Waals surface area contributed by atoms with Crippen molar-refractivity contribution in [3.05, 3.63) is 35.6 Å². The van der Waals surface area contributed by atoms with Gasteiger partial charge in [0, 0.05) is 18.5 Å². The summed E-state index contributed by atoms with van der Waals surface area (Å²) in [5, 5.41) is 11.9. The number of aliphatic carboxylic acids is 1. The molecule has 1 unspecified atom stereocenters. The number of rotatable bonds is 6. The van der Waals surface area contributed by atoms with Crippen molar-refractivity contribution in [2.45, 2.75) is 26.2 Å². The van der Waals surface area contributed by atoms with E-state index in [0.717, 1.165) is 5.56 Å². The average molecular weight is 253 g/mol. The van der Waals surface area contributed by atoms with Gasteiger partial charge in [0.2, 0.25) is 0 Å². The highest BCUT2D eigenvalue weighted by molar-refractivity contribution is 5.69. The van der Waals surface area contributed by atoms with Crippen molar-refractivity contribution < 1.29 is 14.3 Å². The van der Waals surface area contributed by atoms with Crippen molar-refractivity contribution in [1.82, 2.24) is 5.32 Å². The fourth-order valence-corrected chi connectivity index (χ4v) is 1.70. The maximum Gasteiger partial charge on any atom is 0.307 e. The van der Waals surface area contributed by atoms with Crippen LogP contribution in [-0.4, -0.2) is 24.2 Å². The van der Waals surface area contributed by atoms with Gasteiger partial charge in [-0.2, -0.15) is 0 Å². The van der Waals surface area contributed by atoms with Crippen LogP contribution in [0.25, 0.3) is 0 Å². The summed E-state index contributed by atoms with van der Waals surface area (Å²) in [5.41, 5.74) is 0.665. The van der Waals surface area contributed by atoms with Crippen molar-refractivity contribution in [2.24, 2.45) is 5.92 Å². The molecule has 4 heteroatoms. The predicted molar refractivity (Wildman–Crippen MR) is 69.1 cm³/mol. The predicted octanol–water partition coefficient (Wildman–Crippen LogP) is 2.41. The first-order valence-electron chi connectivity index (χ1n) is 6.02. The van der Waals surface area contributed by atoms with Gasteiger partial charge in [-0.3, -0.25) is 4.79 Å². The minimum Gasteiger partial charge on any atom is -0.481 e. The monoisotopic (exact) mass is 253 g/mol. The van der Waals surface area contributed by atoms with Gasteiger partial charge in [0.25, 0.3) is 0 Å². The van der Waals surface area contributed by atoms with Gasteiger partial charge in [-0.15, -0.1) is 0 Å². The molecule has 0 saturated heterocycles. The molecule has 0 aromatic heterocycles. The van der Waals surface area contributed by atoms with Gasteiger partial charge in [0.15, 0.2) is 0 Å². The summed E-state index contributed by atoms with van der Waals surface area (Å²) >= 11 is 0. The van der Waals surface area contributed by atoms with Crippen molar-refractivity contribution in [3.8, 4) is 0 Å². The lowest BCUT2D eigenvalue weighted by atomic mass is 9.84. The Kier molecular flexibility index (Phi) is 4.84. The van der Waals surface area contributed by atoms with Crippen LogP contribution < -0.4 is 5.32 Å². The normalized spacial score (nSPS) is 13.3. The van der Waals surface area contributed by atoms with E-state index in [1.54, 1.807) is 13.0 Å². The Labute approximate surface area is 107 Å². The zero-order valence-corrected chi connectivity index (χ0v) is 11.0. The van der Waals surface area contributed by atoms with E-state index in [-0.39, 0.29) is 11.2 Å². The first-order valence-corrected chi connectivity index (χ1v) is 6.02. The van der Waals surface area contributed by atoms with Crippen LogP contribution in [0.5, 0.6) is 0 Å². The van der Waals surface area contributed by atoms with Crippen molar-refractivity contribution >= 4 is 5.97 Å². The molecule has 1 rings (SSSR count). The van der Waals surface area contributed by atoms with Crippen LogP contribution in [0, 0.1) is 11.7 Å². The summed E-state index contributed by atoms with van der Waals surface area (Å²) in [6.45, 7) is 6.67. The third-order valence-corrected chi connectivity index (χ3v) is 3.05. The number of carboxylic acid groups (broad SMARTS) is 1. The summed E-state index contributed by atoms with van der Waals surface area (Å²) in [6, 6.07) is 6.50. The molecule has 0 aliphatic carbocycles. The van der Waals surface area contributed by atoms with E-state index < -0.39 is 11.9 Å². The van der Waals surface area contributed by atoms with E-state index in [4.69, 9.17) is 5.11 Å². The number of halogens is 1. The van der Waals surface area contributed by atoms with Crippen LogP contribution in [-0.2, 0) is 10.2 Å². The Morgan fingerprint density at radius 1 is 1.50 bits per heavy atom. The Morgan fingerprint density at radius 3 is 2.72 bits per heavy atom. The largest absolute Gasteiger partial charge is 0.481 e. The summed E-state index contributed by atoms with van der Waals surface area (Å²) in [5.74, 6) is -1.49. The standard InChI is InChI=1S/C14H20FNO2/c1-10(13(17)18)8-16-9-14(2,3)11-5-4-6-12(15)7-11/h4-7,10,16H,8-9H2,1-3H3,(H,17,18). The molecule has 0 heterocycles. The Hall–Kier alpha value is -1.42. The summed E-state index contributed by atoms with van der Waals surface area (Å²) in [6.07, 6.45) is 0. The Bertz CT molecular complexity index is 418. The van der Waals surface area contributed by atoms with Gasteiger partial charge in [0.1, 0.15) is 5.82 Å². The molecule has 1 aromatic carbocycles. The Balaban J connectivity index is 2.57. The number of carboxylic acids is 1. The third-order valence-electron chi connectivity index (χ3n) is 3.05. The molecule has 0 bridgehead atoms. The molecule has 0 spiro atoms. The molecular formula is C14H20FNO2. The van der Waals surface area contributed by atoms with Crippen molar-refractivity contribution in [3.63, 3.8) is 0 Å². The van der Waals surface area contributed by atoms with Crippen LogP contribution in [0.4, 0.5) is 4.39 Å². The lowest BCUT2D eigenvalue weighted by Crippen LogP contribution is -2.36. The quantitative estimate of drug-likeness (QED) is 0.818. The molecule has 2 N–H and O–H groups in total. The van der Waals surface area contributed by atoms with Gasteiger partial charge in [-0.25, -0.2) is 4.39 Å². The van der Waals surface area contributed by atoms with Gasteiger partial charge < -0.3 is 10.4 Å². The fourth-order valence-electron chi connectivity index (χ4n) is 1.70. The highest BCUT2D eigenvalue weighted by atomic mass is 19.1. The lowest BCUT2D eigenvalue weighted by molar-refractivity contribution is -0.140. The van der Waals surface area contributed by atoms with E-state index in [1.807, 2.05) is 19.9 Å². The molecule has 0 aliphatic rings. The lowest BCUT2D eigenvalue weighted by Gasteiger charge is -2.26. The number of nitrogens with one attached hydrogen (secondary N) is 1. The summed E-state index contributed by atoms with van der Waals surface area (Å²) in [4.78, 5) is 10.7. The molecule has 0 amide bonds. The minimum atomic E-state index is -0.814.